The molecule has 1 amide bonds. The molecule has 1 aliphatic rings. The molecule has 1 atom stereocenters. The third kappa shape index (κ3) is 5.66. The lowest BCUT2D eigenvalue weighted by molar-refractivity contribution is -0.140. The maximum Gasteiger partial charge on any atom is 0.308 e. The number of hydrogen-bond acceptors (Lipinski definition) is 7. The molecule has 186 valence electrons. The molecule has 1 aliphatic heterocycles. The first-order chi connectivity index (χ1) is 16.7. The summed E-state index contributed by atoms with van der Waals surface area (Å²) >= 11 is 6.12. The van der Waals surface area contributed by atoms with Crippen LogP contribution in [0.3, 0.4) is 0 Å². The van der Waals surface area contributed by atoms with Crippen LogP contribution >= 0.6 is 11.6 Å². The molecule has 1 fully saturated rings. The highest BCUT2D eigenvalue weighted by Crippen LogP contribution is 2.41. The van der Waals surface area contributed by atoms with Crippen LogP contribution in [0.1, 0.15) is 37.9 Å². The molecule has 1 heterocycles. The van der Waals surface area contributed by atoms with E-state index in [0.29, 0.717) is 22.9 Å². The number of halogens is 1. The number of likely N-dealkylation sites (tertiary alicyclic amines) is 1. The SMILES string of the molecule is CCN(CC)CCN1C(=O)C(=O)/C(=C(\O)c2ccc(Cl)c(OC)c2)C1c1cccc(OC(C)=O)c1. The van der Waals surface area contributed by atoms with Crippen LogP contribution in [0.2, 0.25) is 5.02 Å². The molecule has 0 aromatic heterocycles. The van der Waals surface area contributed by atoms with Crippen molar-refractivity contribution in [1.82, 2.24) is 9.80 Å². The Kier molecular flexibility index (Phi) is 8.53. The summed E-state index contributed by atoms with van der Waals surface area (Å²) in [6, 6.07) is 10.3. The molecular formula is C26H29ClN2O6. The second-order valence-electron chi connectivity index (χ2n) is 8.03. The van der Waals surface area contributed by atoms with Gasteiger partial charge in [-0.15, -0.1) is 0 Å². The summed E-state index contributed by atoms with van der Waals surface area (Å²) in [7, 11) is 1.44. The molecule has 3 rings (SSSR count). The van der Waals surface area contributed by atoms with Gasteiger partial charge in [-0.05, 0) is 49.0 Å². The molecule has 1 N–H and O–H groups in total. The largest absolute Gasteiger partial charge is 0.507 e. The lowest BCUT2D eigenvalue weighted by atomic mass is 9.95. The molecule has 0 saturated carbocycles. The highest BCUT2D eigenvalue weighted by Gasteiger charge is 2.46. The number of hydrogen-bond donors (Lipinski definition) is 1. The molecule has 2 aromatic carbocycles. The number of ketones is 1. The zero-order chi connectivity index (χ0) is 25.7. The predicted molar refractivity (Wildman–Crippen MR) is 133 cm³/mol. The van der Waals surface area contributed by atoms with Gasteiger partial charge in [0.05, 0.1) is 23.7 Å². The van der Waals surface area contributed by atoms with E-state index in [2.05, 4.69) is 4.90 Å². The maximum atomic E-state index is 13.2. The van der Waals surface area contributed by atoms with Gasteiger partial charge in [0, 0.05) is 25.6 Å². The molecule has 0 bridgehead atoms. The van der Waals surface area contributed by atoms with Gasteiger partial charge in [0.1, 0.15) is 17.3 Å². The monoisotopic (exact) mass is 500 g/mol. The summed E-state index contributed by atoms with van der Waals surface area (Å²) in [6.45, 7) is 7.73. The van der Waals surface area contributed by atoms with Crippen molar-refractivity contribution >= 4 is 35.0 Å². The Labute approximate surface area is 209 Å². The van der Waals surface area contributed by atoms with Crippen LogP contribution < -0.4 is 9.47 Å². The molecule has 0 spiro atoms. The van der Waals surface area contributed by atoms with Crippen molar-refractivity contribution in [1.29, 1.82) is 0 Å². The van der Waals surface area contributed by atoms with Gasteiger partial charge in [-0.1, -0.05) is 37.6 Å². The van der Waals surface area contributed by atoms with Gasteiger partial charge in [0.15, 0.2) is 0 Å². The van der Waals surface area contributed by atoms with E-state index >= 15 is 0 Å². The van der Waals surface area contributed by atoms with E-state index in [1.807, 2.05) is 13.8 Å². The zero-order valence-corrected chi connectivity index (χ0v) is 21.0. The van der Waals surface area contributed by atoms with Crippen LogP contribution in [-0.4, -0.2) is 65.9 Å². The van der Waals surface area contributed by atoms with Gasteiger partial charge >= 0.3 is 5.97 Å². The van der Waals surface area contributed by atoms with E-state index in [-0.39, 0.29) is 29.2 Å². The van der Waals surface area contributed by atoms with E-state index in [1.165, 1.54) is 25.0 Å². The van der Waals surface area contributed by atoms with Crippen molar-refractivity contribution in [3.8, 4) is 11.5 Å². The van der Waals surface area contributed by atoms with Gasteiger partial charge in [-0.2, -0.15) is 0 Å². The molecule has 2 aromatic rings. The molecule has 0 aliphatic carbocycles. The van der Waals surface area contributed by atoms with E-state index in [9.17, 15) is 19.5 Å². The number of aliphatic hydroxyl groups is 1. The maximum absolute atomic E-state index is 13.2. The number of esters is 1. The Balaban J connectivity index is 2.15. The van der Waals surface area contributed by atoms with Crippen molar-refractivity contribution in [3.63, 3.8) is 0 Å². The summed E-state index contributed by atoms with van der Waals surface area (Å²) in [4.78, 5) is 41.4. The van der Waals surface area contributed by atoms with Crippen molar-refractivity contribution in [2.45, 2.75) is 26.8 Å². The number of rotatable bonds is 9. The Morgan fingerprint density at radius 3 is 2.49 bits per heavy atom. The fourth-order valence-corrected chi connectivity index (χ4v) is 4.32. The zero-order valence-electron chi connectivity index (χ0n) is 20.2. The summed E-state index contributed by atoms with van der Waals surface area (Å²) in [6.07, 6.45) is 0. The summed E-state index contributed by atoms with van der Waals surface area (Å²) < 4.78 is 10.5. The third-order valence-corrected chi connectivity index (χ3v) is 6.26. The van der Waals surface area contributed by atoms with Crippen LogP contribution in [0.4, 0.5) is 0 Å². The Morgan fingerprint density at radius 2 is 1.86 bits per heavy atom. The quantitative estimate of drug-likeness (QED) is 0.182. The first kappa shape index (κ1) is 26.2. The number of amides is 1. The number of methoxy groups -OCH3 is 1. The Morgan fingerprint density at radius 1 is 1.14 bits per heavy atom. The summed E-state index contributed by atoms with van der Waals surface area (Å²) in [5.41, 5.74) is 0.762. The molecule has 0 radical (unpaired) electrons. The number of nitrogens with zero attached hydrogens (tertiary/aromatic N) is 2. The Bertz CT molecular complexity index is 1160. The average molecular weight is 501 g/mol. The van der Waals surface area contributed by atoms with Crippen molar-refractivity contribution in [3.05, 3.63) is 64.2 Å². The van der Waals surface area contributed by atoms with Gasteiger partial charge in [-0.25, -0.2) is 0 Å². The molecular weight excluding hydrogens is 472 g/mol. The first-order valence-electron chi connectivity index (χ1n) is 11.3. The first-order valence-corrected chi connectivity index (χ1v) is 11.7. The second-order valence-corrected chi connectivity index (χ2v) is 8.44. The number of ether oxygens (including phenoxy) is 2. The second kappa shape index (κ2) is 11.4. The minimum atomic E-state index is -0.872. The standard InChI is InChI=1S/C26H29ClN2O6/c1-5-28(6-2)12-13-29-23(17-8-7-9-19(14-17)35-16(3)30)22(25(32)26(29)33)24(31)18-10-11-20(27)21(15-18)34-4/h7-11,14-15,23,31H,5-6,12-13H2,1-4H3/b24-22-. The van der Waals surface area contributed by atoms with Crippen LogP contribution in [0.25, 0.3) is 5.76 Å². The Hall–Kier alpha value is -3.36. The highest BCUT2D eigenvalue weighted by atomic mass is 35.5. The predicted octanol–water partition coefficient (Wildman–Crippen LogP) is 4.04. The van der Waals surface area contributed by atoms with Crippen LogP contribution in [0, 0.1) is 0 Å². The van der Waals surface area contributed by atoms with Gasteiger partial charge in [-0.3, -0.25) is 14.4 Å². The van der Waals surface area contributed by atoms with Gasteiger partial charge in [0.2, 0.25) is 0 Å². The van der Waals surface area contributed by atoms with E-state index in [4.69, 9.17) is 21.1 Å². The lowest BCUT2D eigenvalue weighted by Gasteiger charge is -2.28. The lowest BCUT2D eigenvalue weighted by Crippen LogP contribution is -2.38. The van der Waals surface area contributed by atoms with E-state index in [1.54, 1.807) is 36.4 Å². The summed E-state index contributed by atoms with van der Waals surface area (Å²) in [5.74, 6) is -1.74. The number of likely N-dealkylation sites (N-methyl/N-ethyl adjacent to an activating group) is 1. The average Bonchev–Trinajstić information content (AvgIpc) is 3.09. The summed E-state index contributed by atoms with van der Waals surface area (Å²) in [5, 5.41) is 11.6. The van der Waals surface area contributed by atoms with Crippen molar-refractivity contribution in [2.24, 2.45) is 0 Å². The van der Waals surface area contributed by atoms with Crippen LogP contribution in [-0.2, 0) is 14.4 Å². The van der Waals surface area contributed by atoms with Crippen LogP contribution in [0.5, 0.6) is 11.5 Å². The molecule has 35 heavy (non-hydrogen) atoms. The van der Waals surface area contributed by atoms with E-state index in [0.717, 1.165) is 13.1 Å². The topological polar surface area (TPSA) is 96.4 Å². The highest BCUT2D eigenvalue weighted by molar-refractivity contribution is 6.46. The van der Waals surface area contributed by atoms with Crippen LogP contribution in [0.15, 0.2) is 48.0 Å². The number of carbonyl (C=O) groups is 3. The van der Waals surface area contributed by atoms with Gasteiger partial charge < -0.3 is 24.4 Å². The number of aliphatic hydroxyl groups excluding tert-OH is 1. The molecule has 1 saturated heterocycles. The molecule has 8 nitrogen and oxygen atoms in total. The van der Waals surface area contributed by atoms with Crippen molar-refractivity contribution < 1.29 is 29.0 Å². The normalized spacial score (nSPS) is 17.2. The fourth-order valence-electron chi connectivity index (χ4n) is 4.12. The molecule has 9 heteroatoms. The smallest absolute Gasteiger partial charge is 0.308 e. The number of benzene rings is 2. The van der Waals surface area contributed by atoms with E-state index < -0.39 is 23.7 Å². The third-order valence-electron chi connectivity index (χ3n) is 5.95. The fraction of sp³-hybridized carbons (Fsp3) is 0.346. The van der Waals surface area contributed by atoms with Crippen molar-refractivity contribution in [2.75, 3.05) is 33.3 Å². The minimum absolute atomic E-state index is 0.0566. The number of Topliss-reactive ketones (excluding diaryl/α,β-unsaturated/α-hetero) is 1. The molecule has 1 unspecified atom stereocenters. The number of carbonyl (C=O) groups excluding carboxylic acids is 3. The minimum Gasteiger partial charge on any atom is -0.507 e. The van der Waals surface area contributed by atoms with Gasteiger partial charge in [0.25, 0.3) is 11.7 Å².